The van der Waals surface area contributed by atoms with Crippen molar-refractivity contribution in [3.05, 3.63) is 35.9 Å². The van der Waals surface area contributed by atoms with Crippen LogP contribution in [0.5, 0.6) is 0 Å². The molecule has 0 N–H and O–H groups in total. The van der Waals surface area contributed by atoms with Gasteiger partial charge in [-0.05, 0) is 31.9 Å². The highest BCUT2D eigenvalue weighted by molar-refractivity contribution is 5.79. The van der Waals surface area contributed by atoms with Crippen molar-refractivity contribution in [1.29, 1.82) is 0 Å². The second-order valence-corrected chi connectivity index (χ2v) is 3.07. The van der Waals surface area contributed by atoms with Crippen LogP contribution in [0.2, 0.25) is 0 Å². The van der Waals surface area contributed by atoms with Gasteiger partial charge in [-0.2, -0.15) is 0 Å². The number of aliphatic imine (C=N–C) groups is 1. The lowest BCUT2D eigenvalue weighted by atomic mass is 10.2. The zero-order valence-corrected chi connectivity index (χ0v) is 10.5. The summed E-state index contributed by atoms with van der Waals surface area (Å²) in [5, 5.41) is 0. The highest BCUT2D eigenvalue weighted by Gasteiger charge is 2.10. The van der Waals surface area contributed by atoms with Crippen molar-refractivity contribution in [3.8, 4) is 0 Å². The summed E-state index contributed by atoms with van der Waals surface area (Å²) in [6.07, 6.45) is 6.86. The fraction of sp³-hybridized carbons (Fsp3) is 0.462. The maximum absolute atomic E-state index is 4.31. The van der Waals surface area contributed by atoms with Crippen molar-refractivity contribution >= 4 is 6.21 Å². The van der Waals surface area contributed by atoms with E-state index in [0.717, 1.165) is 23.5 Å². The number of allylic oxidation sites excluding steroid dienone is 3. The van der Waals surface area contributed by atoms with E-state index in [1.807, 2.05) is 44.9 Å². The molecule has 0 fully saturated rings. The Balaban J connectivity index is 0.000000921. The molecule has 1 heterocycles. The summed E-state index contributed by atoms with van der Waals surface area (Å²) in [5.41, 5.74) is 2.23. The third kappa shape index (κ3) is 3.74. The van der Waals surface area contributed by atoms with Crippen molar-refractivity contribution in [2.24, 2.45) is 4.99 Å². The summed E-state index contributed by atoms with van der Waals surface area (Å²) >= 11 is 0. The van der Waals surface area contributed by atoms with Gasteiger partial charge in [-0.25, -0.2) is 4.99 Å². The molecule has 0 saturated heterocycles. The molecule has 0 atom stereocenters. The van der Waals surface area contributed by atoms with Crippen LogP contribution in [-0.2, 0) is 0 Å². The van der Waals surface area contributed by atoms with E-state index in [4.69, 9.17) is 0 Å². The summed E-state index contributed by atoms with van der Waals surface area (Å²) < 4.78 is 0. The molecule has 0 unspecified atom stereocenters. The molecule has 0 spiro atoms. The predicted octanol–water partition coefficient (Wildman–Crippen LogP) is 4.09. The van der Waals surface area contributed by atoms with E-state index in [9.17, 15) is 0 Å². The lowest BCUT2D eigenvalue weighted by Crippen LogP contribution is -2.17. The Labute approximate surface area is 93.7 Å². The van der Waals surface area contributed by atoms with Crippen LogP contribution in [0, 0.1) is 0 Å². The van der Waals surface area contributed by atoms with Crippen LogP contribution < -0.4 is 0 Å². The van der Waals surface area contributed by atoms with E-state index in [1.165, 1.54) is 0 Å². The SMILES string of the molecule is C=C(CC)N1C=C(C)C=N/C1=C/C.CC. The van der Waals surface area contributed by atoms with Gasteiger partial charge in [0.15, 0.2) is 0 Å². The molecule has 2 heteroatoms. The van der Waals surface area contributed by atoms with E-state index in [2.05, 4.69) is 24.7 Å². The van der Waals surface area contributed by atoms with E-state index in [1.54, 1.807) is 0 Å². The Kier molecular flexibility index (Phi) is 6.43. The summed E-state index contributed by atoms with van der Waals surface area (Å²) in [6.45, 7) is 14.1. The van der Waals surface area contributed by atoms with Crippen molar-refractivity contribution in [2.75, 3.05) is 0 Å². The van der Waals surface area contributed by atoms with Crippen molar-refractivity contribution in [1.82, 2.24) is 4.90 Å². The normalized spacial score (nSPS) is 17.0. The molecule has 0 saturated carbocycles. The Morgan fingerprint density at radius 2 is 2.13 bits per heavy atom. The summed E-state index contributed by atoms with van der Waals surface area (Å²) in [4.78, 5) is 6.35. The Bertz CT molecular complexity index is 296. The zero-order valence-electron chi connectivity index (χ0n) is 10.5. The third-order valence-corrected chi connectivity index (χ3v) is 1.99. The zero-order chi connectivity index (χ0) is 11.8. The molecule has 0 amide bonds. The average Bonchev–Trinajstić information content (AvgIpc) is 2.30. The highest BCUT2D eigenvalue weighted by Crippen LogP contribution is 2.20. The molecule has 0 aromatic heterocycles. The quantitative estimate of drug-likeness (QED) is 0.664. The van der Waals surface area contributed by atoms with Gasteiger partial charge in [0.1, 0.15) is 5.82 Å². The monoisotopic (exact) mass is 206 g/mol. The fourth-order valence-corrected chi connectivity index (χ4v) is 1.17. The molecule has 15 heavy (non-hydrogen) atoms. The first kappa shape index (κ1) is 13.7. The van der Waals surface area contributed by atoms with E-state index in [-0.39, 0.29) is 0 Å². The lowest BCUT2D eigenvalue weighted by molar-refractivity contribution is 0.541. The smallest absolute Gasteiger partial charge is 0.132 e. The van der Waals surface area contributed by atoms with Crippen LogP contribution in [0.3, 0.4) is 0 Å². The van der Waals surface area contributed by atoms with Gasteiger partial charge in [0.05, 0.1) is 0 Å². The predicted molar refractivity (Wildman–Crippen MR) is 68.6 cm³/mol. The topological polar surface area (TPSA) is 15.6 Å². The van der Waals surface area contributed by atoms with Crippen LogP contribution >= 0.6 is 0 Å². The van der Waals surface area contributed by atoms with Gasteiger partial charge in [-0.3, -0.25) is 0 Å². The third-order valence-electron chi connectivity index (χ3n) is 1.99. The molecule has 0 radical (unpaired) electrons. The maximum atomic E-state index is 4.31. The number of hydrogen-bond donors (Lipinski definition) is 0. The van der Waals surface area contributed by atoms with Crippen LogP contribution in [-0.4, -0.2) is 11.1 Å². The molecule has 0 bridgehead atoms. The Morgan fingerprint density at radius 1 is 1.53 bits per heavy atom. The number of hydrogen-bond acceptors (Lipinski definition) is 2. The van der Waals surface area contributed by atoms with E-state index < -0.39 is 0 Å². The van der Waals surface area contributed by atoms with Gasteiger partial charge in [-0.1, -0.05) is 27.4 Å². The largest absolute Gasteiger partial charge is 0.306 e. The second kappa shape index (κ2) is 7.04. The summed E-state index contributed by atoms with van der Waals surface area (Å²) in [6, 6.07) is 0. The molecule has 0 aromatic rings. The fourth-order valence-electron chi connectivity index (χ4n) is 1.17. The Hall–Kier alpha value is -1.31. The first-order valence-electron chi connectivity index (χ1n) is 5.54. The molecule has 2 nitrogen and oxygen atoms in total. The molecular weight excluding hydrogens is 184 g/mol. The minimum absolute atomic E-state index is 0.941. The van der Waals surface area contributed by atoms with Gasteiger partial charge in [0, 0.05) is 18.1 Å². The first-order chi connectivity index (χ1) is 7.19. The van der Waals surface area contributed by atoms with Crippen LogP contribution in [0.15, 0.2) is 40.9 Å². The van der Waals surface area contributed by atoms with Crippen molar-refractivity contribution < 1.29 is 0 Å². The summed E-state index contributed by atoms with van der Waals surface area (Å²) in [5.74, 6) is 0.956. The number of nitrogens with zero attached hydrogens (tertiary/aromatic N) is 2. The van der Waals surface area contributed by atoms with Gasteiger partial charge in [0.2, 0.25) is 0 Å². The molecule has 0 aliphatic carbocycles. The van der Waals surface area contributed by atoms with Crippen LogP contribution in [0.25, 0.3) is 0 Å². The molecule has 0 aromatic carbocycles. The van der Waals surface area contributed by atoms with Crippen LogP contribution in [0.4, 0.5) is 0 Å². The number of rotatable bonds is 2. The molecule has 84 valence electrons. The lowest BCUT2D eigenvalue weighted by Gasteiger charge is -2.25. The van der Waals surface area contributed by atoms with Gasteiger partial charge >= 0.3 is 0 Å². The van der Waals surface area contributed by atoms with Crippen LogP contribution in [0.1, 0.15) is 41.0 Å². The minimum atomic E-state index is 0.941. The average molecular weight is 206 g/mol. The standard InChI is InChI=1S/C11H16N2.C2H6/c1-5-10(4)13-8-9(3)7-12-11(13)6-2;1-2/h6-8H,4-5H2,1-3H3;1-2H3/b11-6-;. The molecule has 1 rings (SSSR count). The van der Waals surface area contributed by atoms with E-state index in [0.29, 0.717) is 0 Å². The highest BCUT2D eigenvalue weighted by atomic mass is 15.2. The van der Waals surface area contributed by atoms with Crippen molar-refractivity contribution in [3.63, 3.8) is 0 Å². The Morgan fingerprint density at radius 3 is 2.60 bits per heavy atom. The minimum Gasteiger partial charge on any atom is -0.306 e. The van der Waals surface area contributed by atoms with E-state index >= 15 is 0 Å². The van der Waals surface area contributed by atoms with Gasteiger partial charge < -0.3 is 4.90 Å². The van der Waals surface area contributed by atoms with Gasteiger partial charge in [0.25, 0.3) is 0 Å². The molecule has 1 aliphatic rings. The summed E-state index contributed by atoms with van der Waals surface area (Å²) in [7, 11) is 0. The maximum Gasteiger partial charge on any atom is 0.132 e. The first-order valence-corrected chi connectivity index (χ1v) is 5.54. The second-order valence-electron chi connectivity index (χ2n) is 3.07. The van der Waals surface area contributed by atoms with Crippen molar-refractivity contribution in [2.45, 2.75) is 41.0 Å². The molecular formula is C13H22N2. The molecule has 1 aliphatic heterocycles. The van der Waals surface area contributed by atoms with Gasteiger partial charge in [-0.15, -0.1) is 0 Å².